The van der Waals surface area contributed by atoms with E-state index in [0.29, 0.717) is 51.4 Å². The molecule has 0 radical (unpaired) electrons. The van der Waals surface area contributed by atoms with Gasteiger partial charge in [-0.3, -0.25) is 33.3 Å². The number of esters is 4. The largest absolute Gasteiger partial charge is 0.472 e. The Morgan fingerprint density at radius 2 is 0.612 bits per heavy atom. The summed E-state index contributed by atoms with van der Waals surface area (Å²) >= 11 is 0. The first-order valence-corrected chi connectivity index (χ1v) is 51.5. The molecule has 2 heterocycles. The lowest BCUT2D eigenvalue weighted by molar-refractivity contribution is -0.298. The number of unbranched alkanes of at least 4 members (excludes halogenated alkanes) is 52. The van der Waals surface area contributed by atoms with Gasteiger partial charge in [0.05, 0.1) is 51.1 Å². The number of ether oxygens (including phenoxy) is 7. The van der Waals surface area contributed by atoms with E-state index in [1.54, 1.807) is 0 Å². The molecule has 0 spiro atoms. The van der Waals surface area contributed by atoms with Crippen LogP contribution in [0.4, 0.5) is 0 Å². The fraction of sp³-hybridized carbons (Fsp3) is 0.938. The third-order valence-corrected chi connectivity index (χ3v) is 24.6. The van der Waals surface area contributed by atoms with Crippen LogP contribution in [0.2, 0.25) is 0 Å². The summed E-state index contributed by atoms with van der Waals surface area (Å²) in [5.41, 5.74) is 0. The molecule has 2 aliphatic heterocycles. The minimum absolute atomic E-state index is 0.133. The maximum Gasteiger partial charge on any atom is 0.472 e. The number of rotatable bonds is 84. The van der Waals surface area contributed by atoms with Crippen LogP contribution < -0.4 is 10.6 Å². The van der Waals surface area contributed by atoms with Crippen molar-refractivity contribution in [3.8, 4) is 0 Å². The normalized spacial score (nSPS) is 20.4. The van der Waals surface area contributed by atoms with E-state index < -0.39 is 168 Å². The Balaban J connectivity index is 2.66. The van der Waals surface area contributed by atoms with Gasteiger partial charge in [-0.15, -0.1) is 0 Å². The van der Waals surface area contributed by atoms with E-state index in [1.165, 1.54) is 128 Å². The minimum atomic E-state index is -5.64. The van der Waals surface area contributed by atoms with Crippen molar-refractivity contribution in [1.29, 1.82) is 0 Å². The van der Waals surface area contributed by atoms with Crippen LogP contribution in [0.3, 0.4) is 0 Å². The maximum absolute atomic E-state index is 14.7. The summed E-state index contributed by atoms with van der Waals surface area (Å²) in [6, 6.07) is -3.56. The smallest absolute Gasteiger partial charge is 0.462 e. The summed E-state index contributed by atoms with van der Waals surface area (Å²) in [4.78, 5) is 107. The van der Waals surface area contributed by atoms with Crippen molar-refractivity contribution in [2.45, 2.75) is 564 Å². The Labute approximate surface area is 733 Å². The van der Waals surface area contributed by atoms with E-state index >= 15 is 0 Å². The Morgan fingerprint density at radius 3 is 0.950 bits per heavy atom. The molecule has 0 aromatic carbocycles. The lowest BCUT2D eigenvalue weighted by Gasteiger charge is -2.46. The van der Waals surface area contributed by atoms with Crippen LogP contribution in [0.5, 0.6) is 0 Å². The molecule has 10 unspecified atom stereocenters. The number of phosphoric ester groups is 1. The van der Waals surface area contributed by atoms with E-state index in [1.807, 2.05) is 0 Å². The highest BCUT2D eigenvalue weighted by Gasteiger charge is 2.53. The molecule has 24 nitrogen and oxygen atoms in total. The van der Waals surface area contributed by atoms with Crippen molar-refractivity contribution >= 4 is 43.5 Å². The van der Waals surface area contributed by atoms with Gasteiger partial charge in [-0.1, -0.05) is 388 Å². The predicted octanol–water partition coefficient (Wildman–Crippen LogP) is 21.3. The molecule has 0 aromatic rings. The van der Waals surface area contributed by atoms with E-state index in [-0.39, 0.29) is 25.7 Å². The molecule has 9 N–H and O–H groups in total. The fourth-order valence-electron chi connectivity index (χ4n) is 16.7. The lowest BCUT2D eigenvalue weighted by Crippen LogP contribution is -2.67. The van der Waals surface area contributed by atoms with Crippen molar-refractivity contribution in [2.24, 2.45) is 0 Å². The molecule has 2 amide bonds. The van der Waals surface area contributed by atoms with Crippen LogP contribution >= 0.6 is 7.82 Å². The van der Waals surface area contributed by atoms with Crippen LogP contribution in [0.15, 0.2) is 0 Å². The molecule has 121 heavy (non-hydrogen) atoms. The standard InChI is InChI=1S/C96H181N2O22P/c1-7-13-19-25-31-37-38-39-40-46-52-58-63-69-85(104)114-79(67-61-55-49-43-34-28-22-16-10-4)73-84(103)98-90-94(118-87(106)72-78(101)66-60-54-48-42-33-27-21-15-9-3)92(109)82(117-96(90)120-121(110,111)112)76-113-95-89(97-83(102)71-77(100)65-59-53-47-41-32-26-20-14-8-2)93(91(108)81(75-99)116-95)119-88(107)74-80(68-62-56-50-44-35-29-23-17-11-5)115-86(105)70-64-57-51-45-36-30-24-18-12-6/h77-82,89-96,99-101,108-109H,7-76H2,1-6H3,(H,97,102)(H,98,103)(H2,110,111,112)/t77?,78?,79?,80?,81?,82?,89-,90-,91?,92+,93?,94?,95+,96?/m0/s1. The van der Waals surface area contributed by atoms with E-state index in [2.05, 4.69) is 52.2 Å². The maximum atomic E-state index is 14.7. The fourth-order valence-corrected chi connectivity index (χ4v) is 17.1. The molecule has 0 bridgehead atoms. The number of hydrogen-bond donors (Lipinski definition) is 9. The number of aliphatic hydroxyl groups excluding tert-OH is 5. The molecule has 25 heteroatoms. The SMILES string of the molecule is CCCCCCCCCCCCCCCC(=O)OC(CCCCCCCCCCC)CC(=O)N[C@@H]1C(OP(=O)(O)O)OC(CO[C@@H]2OC(CO)C(O)C(OC(=O)CC(CCCCCCCCCCC)OC(=O)CCCCCCCCCCC)[C@@H]2NC(=O)CC(O)CCCCCCCCCCC)[C@@H](O)C1OC(=O)CC(O)CCCCCCCCCCC. The van der Waals surface area contributed by atoms with E-state index in [4.69, 9.17) is 37.7 Å². The van der Waals surface area contributed by atoms with Crippen molar-refractivity contribution in [3.63, 3.8) is 0 Å². The van der Waals surface area contributed by atoms with Gasteiger partial charge in [-0.25, -0.2) is 4.57 Å². The topological polar surface area (TPSA) is 359 Å². The molecule has 2 fully saturated rings. The van der Waals surface area contributed by atoms with Gasteiger partial charge in [0.1, 0.15) is 48.7 Å². The second-order valence-corrected chi connectivity index (χ2v) is 36.9. The highest BCUT2D eigenvalue weighted by Crippen LogP contribution is 2.42. The summed E-state index contributed by atoms with van der Waals surface area (Å²) in [7, 11) is -5.64. The van der Waals surface area contributed by atoms with Gasteiger partial charge in [0.25, 0.3) is 0 Å². The molecule has 2 saturated heterocycles. The Morgan fingerprint density at radius 1 is 0.339 bits per heavy atom. The van der Waals surface area contributed by atoms with Gasteiger partial charge in [0.2, 0.25) is 11.8 Å². The third kappa shape index (κ3) is 60.9. The number of nitrogens with one attached hydrogen (secondary N) is 2. The Hall–Kier alpha value is -3.39. The number of hydrogen-bond acceptors (Lipinski definition) is 20. The van der Waals surface area contributed by atoms with Crippen LogP contribution in [0.25, 0.3) is 0 Å². The minimum Gasteiger partial charge on any atom is -0.462 e. The van der Waals surface area contributed by atoms with Crippen molar-refractivity contribution < 1.29 is 106 Å². The molecular formula is C96H181N2O22P. The molecule has 0 aromatic heterocycles. The molecule has 2 aliphatic rings. The molecule has 2 rings (SSSR count). The van der Waals surface area contributed by atoms with Gasteiger partial charge in [-0.2, -0.15) is 0 Å². The van der Waals surface area contributed by atoms with E-state index in [0.717, 1.165) is 205 Å². The molecular weight excluding hydrogens is 1560 g/mol. The predicted molar refractivity (Wildman–Crippen MR) is 479 cm³/mol. The van der Waals surface area contributed by atoms with Crippen LogP contribution in [-0.4, -0.2) is 170 Å². The number of aliphatic hydroxyl groups is 5. The number of phosphoric acid groups is 1. The Bertz CT molecular complexity index is 2550. The highest BCUT2D eigenvalue weighted by atomic mass is 31.2. The van der Waals surface area contributed by atoms with Gasteiger partial charge in [0.15, 0.2) is 24.8 Å². The molecule has 14 atom stereocenters. The quantitative estimate of drug-likeness (QED) is 0.0118. The van der Waals surface area contributed by atoms with Crippen molar-refractivity contribution in [3.05, 3.63) is 0 Å². The van der Waals surface area contributed by atoms with Crippen LogP contribution in [0.1, 0.15) is 478 Å². The molecule has 0 saturated carbocycles. The van der Waals surface area contributed by atoms with Gasteiger partial charge in [0, 0.05) is 12.8 Å². The van der Waals surface area contributed by atoms with E-state index in [9.17, 15) is 68.7 Å². The zero-order chi connectivity index (χ0) is 88.6. The zero-order valence-corrected chi connectivity index (χ0v) is 78.2. The first-order valence-electron chi connectivity index (χ1n) is 50.0. The summed E-state index contributed by atoms with van der Waals surface area (Å²) < 4.78 is 61.5. The van der Waals surface area contributed by atoms with Crippen LogP contribution in [0, 0.1) is 0 Å². The summed E-state index contributed by atoms with van der Waals surface area (Å²) in [5.74, 6) is -4.53. The number of amides is 2. The first kappa shape index (κ1) is 114. The second kappa shape index (κ2) is 76.6. The summed E-state index contributed by atoms with van der Waals surface area (Å²) in [6.07, 6.45) is 41.1. The Kier molecular flexibility index (Phi) is 72.0. The van der Waals surface area contributed by atoms with Gasteiger partial charge in [-0.05, 0) is 51.4 Å². The average molecular weight is 1750 g/mol. The molecule has 0 aliphatic carbocycles. The van der Waals surface area contributed by atoms with Gasteiger partial charge < -0.3 is 79.1 Å². The highest BCUT2D eigenvalue weighted by molar-refractivity contribution is 7.46. The molecule has 712 valence electrons. The monoisotopic (exact) mass is 1750 g/mol. The number of carbonyl (C=O) groups is 6. The average Bonchev–Trinajstić information content (AvgIpc) is 0.782. The van der Waals surface area contributed by atoms with Crippen molar-refractivity contribution in [2.75, 3.05) is 13.2 Å². The summed E-state index contributed by atoms with van der Waals surface area (Å²) in [5, 5.41) is 63.7. The number of carbonyl (C=O) groups excluding carboxylic acids is 6. The van der Waals surface area contributed by atoms with Crippen molar-refractivity contribution in [1.82, 2.24) is 10.6 Å². The summed E-state index contributed by atoms with van der Waals surface area (Å²) in [6.45, 7) is 11.3. The van der Waals surface area contributed by atoms with Gasteiger partial charge >= 0.3 is 31.7 Å². The zero-order valence-electron chi connectivity index (χ0n) is 77.3. The lowest BCUT2D eigenvalue weighted by atomic mass is 9.95. The van der Waals surface area contributed by atoms with Crippen LogP contribution in [-0.2, 0) is 71.0 Å². The second-order valence-electron chi connectivity index (χ2n) is 35.7. The first-order chi connectivity index (χ1) is 58.6. The third-order valence-electron chi connectivity index (χ3n) is 24.1.